The summed E-state index contributed by atoms with van der Waals surface area (Å²) < 4.78 is 1.95. The second-order valence-electron chi connectivity index (χ2n) is 6.03. The Balaban J connectivity index is 1.62. The van der Waals surface area contributed by atoms with E-state index in [1.165, 1.54) is 5.56 Å². The molecule has 1 N–H and O–H groups in total. The van der Waals surface area contributed by atoms with Gasteiger partial charge in [0.25, 0.3) is 0 Å². The van der Waals surface area contributed by atoms with Crippen LogP contribution in [0.1, 0.15) is 29.8 Å². The monoisotopic (exact) mass is 310 g/mol. The fourth-order valence-electron chi connectivity index (χ4n) is 3.08. The summed E-state index contributed by atoms with van der Waals surface area (Å²) in [6.45, 7) is 4.77. The van der Waals surface area contributed by atoms with E-state index < -0.39 is 0 Å². The van der Waals surface area contributed by atoms with Crippen molar-refractivity contribution < 1.29 is 0 Å². The maximum atomic E-state index is 9.12. The molecule has 2 aromatic rings. The Bertz CT molecular complexity index is 700. The summed E-state index contributed by atoms with van der Waals surface area (Å²) in [5, 5.41) is 12.7. The molecule has 2 aromatic heterocycles. The van der Waals surface area contributed by atoms with Gasteiger partial charge < -0.3 is 14.8 Å². The Morgan fingerprint density at radius 2 is 2.17 bits per heavy atom. The van der Waals surface area contributed by atoms with Gasteiger partial charge >= 0.3 is 0 Å². The molecule has 1 atom stereocenters. The lowest BCUT2D eigenvalue weighted by Crippen LogP contribution is -2.46. The molecule has 0 amide bonds. The fraction of sp³-hybridized carbons (Fsp3) is 0.471. The number of nitriles is 1. The summed E-state index contributed by atoms with van der Waals surface area (Å²) in [5.41, 5.74) is 3.05. The molecule has 6 nitrogen and oxygen atoms in total. The van der Waals surface area contributed by atoms with Crippen LogP contribution in [0.3, 0.4) is 0 Å². The molecular formula is C17H22N6. The average molecular weight is 310 g/mol. The molecule has 1 unspecified atom stereocenters. The number of aromatic nitrogens is 3. The summed E-state index contributed by atoms with van der Waals surface area (Å²) >= 11 is 0. The van der Waals surface area contributed by atoms with Gasteiger partial charge in [-0.25, -0.2) is 9.97 Å². The van der Waals surface area contributed by atoms with E-state index in [0.29, 0.717) is 11.7 Å². The molecular weight excluding hydrogens is 288 g/mol. The second kappa shape index (κ2) is 6.80. The van der Waals surface area contributed by atoms with Crippen LogP contribution in [0.5, 0.6) is 0 Å². The van der Waals surface area contributed by atoms with E-state index >= 15 is 0 Å². The molecule has 0 bridgehead atoms. The van der Waals surface area contributed by atoms with Gasteiger partial charge in [0, 0.05) is 50.8 Å². The summed E-state index contributed by atoms with van der Waals surface area (Å²) in [6.07, 6.45) is 5.86. The van der Waals surface area contributed by atoms with Crippen molar-refractivity contribution in [2.45, 2.75) is 32.4 Å². The minimum atomic E-state index is 0.415. The van der Waals surface area contributed by atoms with Crippen molar-refractivity contribution >= 4 is 5.95 Å². The van der Waals surface area contributed by atoms with E-state index in [0.717, 1.165) is 44.1 Å². The number of hydrogen-bond acceptors (Lipinski definition) is 5. The smallest absolute Gasteiger partial charge is 0.225 e. The lowest BCUT2D eigenvalue weighted by atomic mass is 10.1. The van der Waals surface area contributed by atoms with Crippen LogP contribution in [0.15, 0.2) is 24.5 Å². The zero-order chi connectivity index (χ0) is 16.2. The van der Waals surface area contributed by atoms with Gasteiger partial charge in [-0.1, -0.05) is 0 Å². The molecule has 0 spiro atoms. The van der Waals surface area contributed by atoms with Gasteiger partial charge in [0.2, 0.25) is 5.95 Å². The lowest BCUT2D eigenvalue weighted by molar-refractivity contribution is 0.418. The van der Waals surface area contributed by atoms with Crippen LogP contribution in [-0.2, 0) is 13.6 Å². The predicted molar refractivity (Wildman–Crippen MR) is 89.0 cm³/mol. The standard InChI is InChI=1S/C17H22N6/c1-13-14(9-16(10-18)22(13)2)11-21-15-5-3-8-23(12-15)17-19-6-4-7-20-17/h4,6-7,9,15,21H,3,5,8,11-12H2,1-2H3. The predicted octanol–water partition coefficient (Wildman–Crippen LogP) is 1.75. The van der Waals surface area contributed by atoms with Gasteiger partial charge in [0.05, 0.1) is 0 Å². The molecule has 1 aliphatic rings. The SMILES string of the molecule is Cc1c(CNC2CCCN(c3ncccn3)C2)cc(C#N)n1C. The Morgan fingerprint density at radius 3 is 2.87 bits per heavy atom. The van der Waals surface area contributed by atoms with Crippen molar-refractivity contribution in [3.05, 3.63) is 41.5 Å². The highest BCUT2D eigenvalue weighted by molar-refractivity contribution is 5.34. The summed E-state index contributed by atoms with van der Waals surface area (Å²) in [6, 6.07) is 6.46. The van der Waals surface area contributed by atoms with Gasteiger partial charge in [-0.15, -0.1) is 0 Å². The first kappa shape index (κ1) is 15.5. The van der Waals surface area contributed by atoms with Crippen LogP contribution in [0.2, 0.25) is 0 Å². The largest absolute Gasteiger partial charge is 0.340 e. The van der Waals surface area contributed by atoms with E-state index in [-0.39, 0.29) is 0 Å². The molecule has 120 valence electrons. The van der Waals surface area contributed by atoms with Crippen LogP contribution in [0.4, 0.5) is 5.95 Å². The highest BCUT2D eigenvalue weighted by atomic mass is 15.3. The Labute approximate surface area is 136 Å². The molecule has 0 aromatic carbocycles. The minimum absolute atomic E-state index is 0.415. The van der Waals surface area contributed by atoms with Gasteiger partial charge in [-0.2, -0.15) is 5.26 Å². The van der Waals surface area contributed by atoms with Gasteiger partial charge in [0.1, 0.15) is 11.8 Å². The van der Waals surface area contributed by atoms with Crippen molar-refractivity contribution in [3.8, 4) is 6.07 Å². The van der Waals surface area contributed by atoms with Crippen LogP contribution < -0.4 is 10.2 Å². The van der Waals surface area contributed by atoms with E-state index in [4.69, 9.17) is 5.26 Å². The van der Waals surface area contributed by atoms with Crippen LogP contribution >= 0.6 is 0 Å². The first-order chi connectivity index (χ1) is 11.2. The molecule has 0 aliphatic carbocycles. The highest BCUT2D eigenvalue weighted by Crippen LogP contribution is 2.17. The Hall–Kier alpha value is -2.39. The first-order valence-corrected chi connectivity index (χ1v) is 7.99. The maximum Gasteiger partial charge on any atom is 0.225 e. The number of rotatable bonds is 4. The number of nitrogens with zero attached hydrogens (tertiary/aromatic N) is 5. The van der Waals surface area contributed by atoms with E-state index in [2.05, 4.69) is 33.2 Å². The lowest BCUT2D eigenvalue weighted by Gasteiger charge is -2.33. The summed E-state index contributed by atoms with van der Waals surface area (Å²) in [4.78, 5) is 10.9. The van der Waals surface area contributed by atoms with Crippen molar-refractivity contribution in [1.82, 2.24) is 19.9 Å². The molecule has 23 heavy (non-hydrogen) atoms. The Morgan fingerprint density at radius 1 is 1.39 bits per heavy atom. The van der Waals surface area contributed by atoms with Gasteiger partial charge in [-0.3, -0.25) is 0 Å². The zero-order valence-corrected chi connectivity index (χ0v) is 13.7. The second-order valence-corrected chi connectivity index (χ2v) is 6.03. The number of hydrogen-bond donors (Lipinski definition) is 1. The molecule has 1 aliphatic heterocycles. The molecule has 3 heterocycles. The van der Waals surface area contributed by atoms with Crippen LogP contribution in [0, 0.1) is 18.3 Å². The third-order valence-corrected chi connectivity index (χ3v) is 4.59. The molecule has 1 saturated heterocycles. The van der Waals surface area contributed by atoms with E-state index in [9.17, 15) is 0 Å². The Kier molecular flexibility index (Phi) is 4.58. The highest BCUT2D eigenvalue weighted by Gasteiger charge is 2.21. The van der Waals surface area contributed by atoms with Crippen molar-refractivity contribution in [3.63, 3.8) is 0 Å². The molecule has 0 saturated carbocycles. The number of nitrogens with one attached hydrogen (secondary N) is 1. The van der Waals surface area contributed by atoms with Crippen LogP contribution in [0.25, 0.3) is 0 Å². The van der Waals surface area contributed by atoms with Gasteiger partial charge in [-0.05, 0) is 37.5 Å². The molecule has 3 rings (SSSR count). The van der Waals surface area contributed by atoms with Crippen LogP contribution in [-0.4, -0.2) is 33.7 Å². The first-order valence-electron chi connectivity index (χ1n) is 7.99. The van der Waals surface area contributed by atoms with Crippen molar-refractivity contribution in [2.75, 3.05) is 18.0 Å². The topological polar surface area (TPSA) is 69.8 Å². The molecule has 1 fully saturated rings. The van der Waals surface area contributed by atoms with Crippen molar-refractivity contribution in [1.29, 1.82) is 5.26 Å². The van der Waals surface area contributed by atoms with E-state index in [1.54, 1.807) is 12.4 Å². The summed E-state index contributed by atoms with van der Waals surface area (Å²) in [7, 11) is 1.94. The summed E-state index contributed by atoms with van der Waals surface area (Å²) in [5.74, 6) is 0.807. The van der Waals surface area contributed by atoms with E-state index in [1.807, 2.05) is 23.7 Å². The third kappa shape index (κ3) is 3.35. The molecule has 0 radical (unpaired) electrons. The quantitative estimate of drug-likeness (QED) is 0.932. The third-order valence-electron chi connectivity index (χ3n) is 4.59. The van der Waals surface area contributed by atoms with Gasteiger partial charge in [0.15, 0.2) is 0 Å². The number of piperidine rings is 1. The minimum Gasteiger partial charge on any atom is -0.340 e. The fourth-order valence-corrected chi connectivity index (χ4v) is 3.08. The maximum absolute atomic E-state index is 9.12. The number of anilines is 1. The normalized spacial score (nSPS) is 18.0. The average Bonchev–Trinajstić information content (AvgIpc) is 2.88. The zero-order valence-electron chi connectivity index (χ0n) is 13.7. The molecule has 6 heteroatoms. The van der Waals surface area contributed by atoms with Crippen molar-refractivity contribution in [2.24, 2.45) is 7.05 Å².